The molecule has 3 nitrogen and oxygen atoms in total. The normalized spacial score (nSPS) is 22.7. The highest BCUT2D eigenvalue weighted by molar-refractivity contribution is 4.76. The molecule has 0 bridgehead atoms. The Hall–Kier alpha value is -0.260. The van der Waals surface area contributed by atoms with Gasteiger partial charge in [-0.15, -0.1) is 0 Å². The van der Waals surface area contributed by atoms with E-state index in [0.29, 0.717) is 25.2 Å². The smallest absolute Gasteiger partial charge is 0.261 e. The second-order valence-electron chi connectivity index (χ2n) is 5.18. The third kappa shape index (κ3) is 6.61. The van der Waals surface area contributed by atoms with Gasteiger partial charge in [0.2, 0.25) is 0 Å². The zero-order chi connectivity index (χ0) is 13.4. The summed E-state index contributed by atoms with van der Waals surface area (Å²) in [5.74, 6) is 0. The summed E-state index contributed by atoms with van der Waals surface area (Å²) in [6.07, 6.45) is 1.14. The fourth-order valence-electron chi connectivity index (χ4n) is 2.35. The van der Waals surface area contributed by atoms with Gasteiger partial charge < -0.3 is 15.0 Å². The van der Waals surface area contributed by atoms with E-state index in [2.05, 4.69) is 24.1 Å². The molecule has 1 rings (SSSR count). The topological polar surface area (TPSA) is 24.5 Å². The van der Waals surface area contributed by atoms with Gasteiger partial charge in [0.1, 0.15) is 6.61 Å². The summed E-state index contributed by atoms with van der Waals surface area (Å²) >= 11 is 0. The Morgan fingerprint density at radius 3 is 2.72 bits per heavy atom. The molecule has 0 aromatic carbocycles. The van der Waals surface area contributed by atoms with Crippen molar-refractivity contribution in [2.75, 3.05) is 32.8 Å². The van der Waals surface area contributed by atoms with E-state index in [0.717, 1.165) is 25.9 Å². The van der Waals surface area contributed by atoms with Crippen molar-refractivity contribution in [2.45, 2.75) is 51.6 Å². The summed E-state index contributed by atoms with van der Waals surface area (Å²) < 4.78 is 28.5. The maximum absolute atomic E-state index is 11.8. The van der Waals surface area contributed by atoms with Gasteiger partial charge in [-0.1, -0.05) is 0 Å². The third-order valence-corrected chi connectivity index (χ3v) is 3.42. The predicted molar refractivity (Wildman–Crippen MR) is 69.2 cm³/mol. The second kappa shape index (κ2) is 8.77. The Labute approximate surface area is 109 Å². The number of rotatable bonds is 7. The molecule has 108 valence electrons. The maximum Gasteiger partial charge on any atom is 0.261 e. The Bertz CT molecular complexity index is 215. The number of alkyl halides is 2. The molecule has 0 aromatic heterocycles. The first kappa shape index (κ1) is 15.8. The number of likely N-dealkylation sites (tertiary alicyclic amines) is 1. The summed E-state index contributed by atoms with van der Waals surface area (Å²) in [6.45, 7) is 7.32. The van der Waals surface area contributed by atoms with Crippen LogP contribution in [0.3, 0.4) is 0 Å². The number of hydrogen-bond acceptors (Lipinski definition) is 3. The van der Waals surface area contributed by atoms with Crippen LogP contribution in [0.25, 0.3) is 0 Å². The van der Waals surface area contributed by atoms with Gasteiger partial charge in [-0.2, -0.15) is 0 Å². The van der Waals surface area contributed by atoms with E-state index in [9.17, 15) is 8.78 Å². The molecule has 0 aliphatic carbocycles. The maximum atomic E-state index is 11.8. The molecule has 1 atom stereocenters. The Morgan fingerprint density at radius 2 is 2.06 bits per heavy atom. The Kier molecular flexibility index (Phi) is 7.70. The molecule has 0 spiro atoms. The fraction of sp³-hybridized carbons (Fsp3) is 1.00. The van der Waals surface area contributed by atoms with Gasteiger partial charge in [0.15, 0.2) is 0 Å². The molecule has 1 fully saturated rings. The minimum Gasteiger partial charge on any atom is -0.374 e. The van der Waals surface area contributed by atoms with E-state index >= 15 is 0 Å². The zero-order valence-electron chi connectivity index (χ0n) is 11.5. The van der Waals surface area contributed by atoms with Crippen molar-refractivity contribution in [1.82, 2.24) is 10.2 Å². The van der Waals surface area contributed by atoms with Crippen molar-refractivity contribution in [3.63, 3.8) is 0 Å². The fourth-order valence-corrected chi connectivity index (χ4v) is 2.35. The van der Waals surface area contributed by atoms with Gasteiger partial charge in [0, 0.05) is 18.6 Å². The quantitative estimate of drug-likeness (QED) is 0.713. The molecule has 0 aromatic rings. The molecular formula is C13H26F2N2O. The number of hydrogen-bond donors (Lipinski definition) is 1. The third-order valence-electron chi connectivity index (χ3n) is 3.42. The van der Waals surface area contributed by atoms with E-state index in [-0.39, 0.29) is 0 Å². The molecule has 5 heteroatoms. The van der Waals surface area contributed by atoms with Crippen LogP contribution in [0.1, 0.15) is 33.1 Å². The minimum atomic E-state index is -2.36. The average molecular weight is 264 g/mol. The first-order chi connectivity index (χ1) is 8.59. The van der Waals surface area contributed by atoms with Crippen molar-refractivity contribution in [1.29, 1.82) is 0 Å². The van der Waals surface area contributed by atoms with Crippen LogP contribution in [0.5, 0.6) is 0 Å². The van der Waals surface area contributed by atoms with Crippen LogP contribution in [0.4, 0.5) is 8.78 Å². The number of nitrogens with one attached hydrogen (secondary N) is 1. The first-order valence-corrected chi connectivity index (χ1v) is 6.93. The summed E-state index contributed by atoms with van der Waals surface area (Å²) in [6, 6.07) is 1.11. The van der Waals surface area contributed by atoms with Crippen LogP contribution >= 0.6 is 0 Å². The summed E-state index contributed by atoms with van der Waals surface area (Å²) in [5, 5.41) is 3.40. The lowest BCUT2D eigenvalue weighted by Gasteiger charge is -2.24. The highest BCUT2D eigenvalue weighted by Crippen LogP contribution is 2.13. The van der Waals surface area contributed by atoms with Crippen molar-refractivity contribution in [3.8, 4) is 0 Å². The molecule has 0 amide bonds. The predicted octanol–water partition coefficient (Wildman–Crippen LogP) is 2.12. The van der Waals surface area contributed by atoms with Gasteiger partial charge in [-0.3, -0.25) is 0 Å². The molecule has 1 aliphatic rings. The minimum absolute atomic E-state index is 0.370. The molecule has 0 saturated carbocycles. The first-order valence-electron chi connectivity index (χ1n) is 6.93. The average Bonchev–Trinajstić information content (AvgIpc) is 2.53. The molecule has 1 N–H and O–H groups in total. The molecule has 1 aliphatic heterocycles. The lowest BCUT2D eigenvalue weighted by Crippen LogP contribution is -2.35. The lowest BCUT2D eigenvalue weighted by molar-refractivity contribution is 0.0181. The van der Waals surface area contributed by atoms with Crippen LogP contribution in [0.2, 0.25) is 0 Å². The highest BCUT2D eigenvalue weighted by atomic mass is 19.3. The molecular weight excluding hydrogens is 238 g/mol. The van der Waals surface area contributed by atoms with E-state index in [1.807, 2.05) is 0 Å². The summed E-state index contributed by atoms with van der Waals surface area (Å²) in [4.78, 5) is 2.50. The SMILES string of the molecule is CC(C)N1CCCC(NCCOCC(F)F)CC1. The van der Waals surface area contributed by atoms with Crippen LogP contribution in [0.15, 0.2) is 0 Å². The van der Waals surface area contributed by atoms with Crippen molar-refractivity contribution in [3.05, 3.63) is 0 Å². The van der Waals surface area contributed by atoms with Crippen LogP contribution in [0, 0.1) is 0 Å². The molecule has 18 heavy (non-hydrogen) atoms. The van der Waals surface area contributed by atoms with E-state index in [4.69, 9.17) is 4.74 Å². The highest BCUT2D eigenvalue weighted by Gasteiger charge is 2.17. The Balaban J connectivity index is 2.08. The van der Waals surface area contributed by atoms with E-state index in [1.54, 1.807) is 0 Å². The van der Waals surface area contributed by atoms with Crippen LogP contribution in [-0.2, 0) is 4.74 Å². The Morgan fingerprint density at radius 1 is 1.28 bits per heavy atom. The summed E-state index contributed by atoms with van der Waals surface area (Å²) in [7, 11) is 0. The van der Waals surface area contributed by atoms with Crippen molar-refractivity contribution < 1.29 is 13.5 Å². The lowest BCUT2D eigenvalue weighted by atomic mass is 10.1. The zero-order valence-corrected chi connectivity index (χ0v) is 11.5. The van der Waals surface area contributed by atoms with E-state index < -0.39 is 13.0 Å². The second-order valence-corrected chi connectivity index (χ2v) is 5.18. The van der Waals surface area contributed by atoms with Gasteiger partial charge in [-0.25, -0.2) is 8.78 Å². The summed E-state index contributed by atoms with van der Waals surface area (Å²) in [5.41, 5.74) is 0. The number of halogens is 2. The monoisotopic (exact) mass is 264 g/mol. The van der Waals surface area contributed by atoms with Gasteiger partial charge >= 0.3 is 0 Å². The van der Waals surface area contributed by atoms with Crippen molar-refractivity contribution in [2.24, 2.45) is 0 Å². The van der Waals surface area contributed by atoms with E-state index in [1.165, 1.54) is 6.42 Å². The molecule has 1 saturated heterocycles. The van der Waals surface area contributed by atoms with Crippen molar-refractivity contribution >= 4 is 0 Å². The van der Waals surface area contributed by atoms with Crippen LogP contribution in [-0.4, -0.2) is 56.3 Å². The van der Waals surface area contributed by atoms with Crippen LogP contribution < -0.4 is 5.32 Å². The number of ether oxygens (including phenoxy) is 1. The van der Waals surface area contributed by atoms with Gasteiger partial charge in [-0.05, 0) is 46.2 Å². The number of nitrogens with zero attached hydrogens (tertiary/aromatic N) is 1. The van der Waals surface area contributed by atoms with Gasteiger partial charge in [0.05, 0.1) is 6.61 Å². The molecule has 1 heterocycles. The molecule has 1 unspecified atom stereocenters. The molecule has 0 radical (unpaired) electrons. The van der Waals surface area contributed by atoms with Gasteiger partial charge in [0.25, 0.3) is 6.43 Å². The standard InChI is InChI=1S/C13H26F2N2O/c1-11(2)17-7-3-4-12(5-8-17)16-6-9-18-10-13(14)15/h11-13,16H,3-10H2,1-2H3. The largest absolute Gasteiger partial charge is 0.374 e.